The van der Waals surface area contributed by atoms with Gasteiger partial charge in [0.05, 0.1) is 0 Å². The SMILES string of the molecule is Cc1nc(-c2ccc(NC(=O)Nc3ccc4c(c3)OCO4)cc2)no1. The van der Waals surface area contributed by atoms with E-state index in [-0.39, 0.29) is 12.8 Å². The molecule has 1 aromatic heterocycles. The number of carbonyl (C=O) groups excluding carboxylic acids is 1. The Labute approximate surface area is 142 Å². The fourth-order valence-corrected chi connectivity index (χ4v) is 2.39. The molecule has 25 heavy (non-hydrogen) atoms. The van der Waals surface area contributed by atoms with Crippen LogP contribution in [0.3, 0.4) is 0 Å². The van der Waals surface area contributed by atoms with E-state index < -0.39 is 0 Å². The monoisotopic (exact) mass is 338 g/mol. The lowest BCUT2D eigenvalue weighted by Gasteiger charge is -2.08. The number of aromatic nitrogens is 2. The van der Waals surface area contributed by atoms with E-state index in [2.05, 4.69) is 20.8 Å². The first-order valence-electron chi connectivity index (χ1n) is 7.56. The van der Waals surface area contributed by atoms with E-state index in [0.29, 0.717) is 34.6 Å². The molecule has 2 amide bonds. The van der Waals surface area contributed by atoms with E-state index in [1.54, 1.807) is 49.4 Å². The number of ether oxygens (including phenoxy) is 2. The second-order valence-electron chi connectivity index (χ2n) is 5.36. The zero-order valence-corrected chi connectivity index (χ0v) is 13.3. The molecule has 2 heterocycles. The predicted octanol–water partition coefficient (Wildman–Crippen LogP) is 3.42. The Morgan fingerprint density at radius 3 is 2.48 bits per heavy atom. The molecule has 2 aromatic carbocycles. The fourth-order valence-electron chi connectivity index (χ4n) is 2.39. The number of fused-ring (bicyclic) bond motifs is 1. The van der Waals surface area contributed by atoms with Crippen molar-refractivity contribution in [1.29, 1.82) is 0 Å². The maximum atomic E-state index is 12.1. The van der Waals surface area contributed by atoms with Crippen LogP contribution in [-0.4, -0.2) is 23.0 Å². The number of nitrogens with one attached hydrogen (secondary N) is 2. The summed E-state index contributed by atoms with van der Waals surface area (Å²) in [7, 11) is 0. The summed E-state index contributed by atoms with van der Waals surface area (Å²) in [6.45, 7) is 1.92. The Bertz CT molecular complexity index is 921. The number of benzene rings is 2. The predicted molar refractivity (Wildman–Crippen MR) is 89.7 cm³/mol. The number of hydrogen-bond acceptors (Lipinski definition) is 6. The first-order chi connectivity index (χ1) is 12.2. The molecular formula is C17H14N4O4. The minimum Gasteiger partial charge on any atom is -0.454 e. The van der Waals surface area contributed by atoms with Gasteiger partial charge in [0.15, 0.2) is 11.5 Å². The summed E-state index contributed by atoms with van der Waals surface area (Å²) in [6.07, 6.45) is 0. The molecule has 0 unspecified atom stereocenters. The molecule has 8 nitrogen and oxygen atoms in total. The van der Waals surface area contributed by atoms with E-state index in [1.165, 1.54) is 0 Å². The summed E-state index contributed by atoms with van der Waals surface area (Å²) in [6, 6.07) is 12.0. The molecule has 3 aromatic rings. The lowest BCUT2D eigenvalue weighted by atomic mass is 10.2. The molecule has 126 valence electrons. The third kappa shape index (κ3) is 3.23. The van der Waals surface area contributed by atoms with E-state index >= 15 is 0 Å². The van der Waals surface area contributed by atoms with Gasteiger partial charge in [-0.05, 0) is 36.4 Å². The third-order valence-electron chi connectivity index (χ3n) is 3.56. The van der Waals surface area contributed by atoms with Crippen LogP contribution in [-0.2, 0) is 0 Å². The van der Waals surface area contributed by atoms with Crippen molar-refractivity contribution in [3.8, 4) is 22.9 Å². The largest absolute Gasteiger partial charge is 0.454 e. The van der Waals surface area contributed by atoms with Crippen molar-refractivity contribution in [2.24, 2.45) is 0 Å². The second-order valence-corrected chi connectivity index (χ2v) is 5.36. The number of hydrogen-bond donors (Lipinski definition) is 2. The molecule has 0 saturated heterocycles. The highest BCUT2D eigenvalue weighted by molar-refractivity contribution is 6.00. The third-order valence-corrected chi connectivity index (χ3v) is 3.56. The van der Waals surface area contributed by atoms with Crippen LogP contribution in [0.15, 0.2) is 47.0 Å². The molecule has 1 aliphatic rings. The molecular weight excluding hydrogens is 324 g/mol. The molecule has 0 atom stereocenters. The molecule has 0 radical (unpaired) electrons. The topological polar surface area (TPSA) is 98.5 Å². The van der Waals surface area contributed by atoms with Gasteiger partial charge in [-0.15, -0.1) is 0 Å². The van der Waals surface area contributed by atoms with Crippen molar-refractivity contribution in [2.75, 3.05) is 17.4 Å². The van der Waals surface area contributed by atoms with Gasteiger partial charge >= 0.3 is 6.03 Å². The Morgan fingerprint density at radius 1 is 1.00 bits per heavy atom. The fraction of sp³-hybridized carbons (Fsp3) is 0.118. The lowest BCUT2D eigenvalue weighted by Crippen LogP contribution is -2.19. The molecule has 0 aliphatic carbocycles. The number of carbonyl (C=O) groups is 1. The molecule has 2 N–H and O–H groups in total. The Balaban J connectivity index is 1.40. The van der Waals surface area contributed by atoms with Crippen LogP contribution in [0.1, 0.15) is 5.89 Å². The number of aryl methyl sites for hydroxylation is 1. The first-order valence-corrected chi connectivity index (χ1v) is 7.56. The van der Waals surface area contributed by atoms with Gasteiger partial charge in [0, 0.05) is 29.9 Å². The quantitative estimate of drug-likeness (QED) is 0.759. The van der Waals surface area contributed by atoms with Crippen molar-refractivity contribution in [2.45, 2.75) is 6.92 Å². The average Bonchev–Trinajstić information content (AvgIpc) is 3.24. The summed E-state index contributed by atoms with van der Waals surface area (Å²) >= 11 is 0. The minimum atomic E-state index is -0.359. The molecule has 0 saturated carbocycles. The van der Waals surface area contributed by atoms with Gasteiger partial charge in [0.2, 0.25) is 18.5 Å². The molecule has 4 rings (SSSR count). The number of anilines is 2. The van der Waals surface area contributed by atoms with Crippen molar-refractivity contribution in [3.63, 3.8) is 0 Å². The van der Waals surface area contributed by atoms with Gasteiger partial charge < -0.3 is 24.6 Å². The van der Waals surface area contributed by atoms with Crippen molar-refractivity contribution < 1.29 is 18.8 Å². The normalized spacial score (nSPS) is 12.0. The molecule has 1 aliphatic heterocycles. The summed E-state index contributed by atoms with van der Waals surface area (Å²) in [4.78, 5) is 16.3. The second kappa shape index (κ2) is 6.16. The van der Waals surface area contributed by atoms with Crippen LogP contribution < -0.4 is 20.1 Å². The molecule has 0 spiro atoms. The van der Waals surface area contributed by atoms with Gasteiger partial charge in [-0.2, -0.15) is 4.98 Å². The van der Waals surface area contributed by atoms with Crippen molar-refractivity contribution in [3.05, 3.63) is 48.4 Å². The van der Waals surface area contributed by atoms with E-state index in [0.717, 1.165) is 5.56 Å². The van der Waals surface area contributed by atoms with E-state index in [9.17, 15) is 4.79 Å². The van der Waals surface area contributed by atoms with Crippen molar-refractivity contribution in [1.82, 2.24) is 10.1 Å². The highest BCUT2D eigenvalue weighted by Gasteiger charge is 2.14. The molecule has 0 fully saturated rings. The maximum absolute atomic E-state index is 12.1. The Kier molecular flexibility index (Phi) is 3.70. The van der Waals surface area contributed by atoms with Gasteiger partial charge in [-0.25, -0.2) is 4.79 Å². The number of urea groups is 1. The van der Waals surface area contributed by atoms with Gasteiger partial charge in [0.25, 0.3) is 0 Å². The lowest BCUT2D eigenvalue weighted by molar-refractivity contribution is 0.174. The van der Waals surface area contributed by atoms with E-state index in [1.807, 2.05) is 0 Å². The maximum Gasteiger partial charge on any atom is 0.323 e. The summed E-state index contributed by atoms with van der Waals surface area (Å²) in [5, 5.41) is 9.35. The molecule has 8 heteroatoms. The first kappa shape index (κ1) is 15.0. The number of amides is 2. The van der Waals surface area contributed by atoms with Crippen LogP contribution in [0.5, 0.6) is 11.5 Å². The summed E-state index contributed by atoms with van der Waals surface area (Å²) in [5.74, 6) is 2.28. The summed E-state index contributed by atoms with van der Waals surface area (Å²) in [5.41, 5.74) is 2.06. The Morgan fingerprint density at radius 2 is 1.72 bits per heavy atom. The highest BCUT2D eigenvalue weighted by atomic mass is 16.7. The van der Waals surface area contributed by atoms with Crippen molar-refractivity contribution >= 4 is 17.4 Å². The zero-order chi connectivity index (χ0) is 17.2. The highest BCUT2D eigenvalue weighted by Crippen LogP contribution is 2.34. The number of rotatable bonds is 3. The zero-order valence-electron chi connectivity index (χ0n) is 13.3. The van der Waals surface area contributed by atoms with Gasteiger partial charge in [0.1, 0.15) is 0 Å². The Hall–Kier alpha value is -3.55. The van der Waals surface area contributed by atoms with Crippen LogP contribution in [0.4, 0.5) is 16.2 Å². The van der Waals surface area contributed by atoms with Gasteiger partial charge in [-0.1, -0.05) is 5.16 Å². The van der Waals surface area contributed by atoms with Crippen LogP contribution in [0.2, 0.25) is 0 Å². The van der Waals surface area contributed by atoms with Gasteiger partial charge in [-0.3, -0.25) is 0 Å². The summed E-state index contributed by atoms with van der Waals surface area (Å²) < 4.78 is 15.5. The van der Waals surface area contributed by atoms with Crippen LogP contribution in [0, 0.1) is 6.92 Å². The van der Waals surface area contributed by atoms with Crippen LogP contribution in [0.25, 0.3) is 11.4 Å². The standard InChI is InChI=1S/C17H14N4O4/c1-10-18-16(21-25-10)11-2-4-12(5-3-11)19-17(22)20-13-6-7-14-15(8-13)24-9-23-14/h2-8H,9H2,1H3,(H2,19,20,22). The molecule has 0 bridgehead atoms. The van der Waals surface area contributed by atoms with E-state index in [4.69, 9.17) is 14.0 Å². The minimum absolute atomic E-state index is 0.192. The average molecular weight is 338 g/mol. The van der Waals surface area contributed by atoms with Crippen LogP contribution >= 0.6 is 0 Å². The smallest absolute Gasteiger partial charge is 0.323 e. The number of nitrogens with zero attached hydrogens (tertiary/aromatic N) is 2.